The fraction of sp³-hybridized carbons (Fsp3) is 0.375. The number of pyridine rings is 1. The van der Waals surface area contributed by atoms with Gasteiger partial charge < -0.3 is 4.74 Å². The Morgan fingerprint density at radius 1 is 1.11 bits per heavy atom. The third-order valence-corrected chi connectivity index (χ3v) is 2.75. The largest absolute Gasteiger partial charge is 0.574 e. The summed E-state index contributed by atoms with van der Waals surface area (Å²) in [6.07, 6.45) is -14.1. The molecule has 0 fully saturated rings. The van der Waals surface area contributed by atoms with Gasteiger partial charge in [0.2, 0.25) is 5.88 Å². The van der Waals surface area contributed by atoms with E-state index in [2.05, 4.69) is 9.72 Å². The number of hydrogen-bond acceptors (Lipinski definition) is 2. The summed E-state index contributed by atoms with van der Waals surface area (Å²) in [5, 5.41) is 0. The van der Waals surface area contributed by atoms with Crippen molar-refractivity contribution in [3.63, 3.8) is 0 Å². The smallest absolute Gasteiger partial charge is 0.387 e. The van der Waals surface area contributed by atoms with Gasteiger partial charge in [-0.3, -0.25) is 0 Å². The average molecular weight is 407 g/mol. The molecular formula is C8H2F8INO. The van der Waals surface area contributed by atoms with Crippen LogP contribution in [-0.4, -0.2) is 11.3 Å². The first kappa shape index (κ1) is 16.2. The van der Waals surface area contributed by atoms with E-state index in [-0.39, 0.29) is 6.20 Å². The highest BCUT2D eigenvalue weighted by atomic mass is 127. The summed E-state index contributed by atoms with van der Waals surface area (Å²) in [4.78, 5) is 2.83. The lowest BCUT2D eigenvalue weighted by molar-refractivity contribution is -0.276. The van der Waals surface area contributed by atoms with E-state index >= 15 is 0 Å². The summed E-state index contributed by atoms with van der Waals surface area (Å²) in [5.74, 6) is -1.43. The first-order valence-corrected chi connectivity index (χ1v) is 5.31. The number of halogens is 9. The second-order valence-corrected chi connectivity index (χ2v) is 4.13. The summed E-state index contributed by atoms with van der Waals surface area (Å²) >= 11 is 0.824. The lowest BCUT2D eigenvalue weighted by Gasteiger charge is -2.17. The summed E-state index contributed by atoms with van der Waals surface area (Å²) in [6, 6.07) is 0. The van der Waals surface area contributed by atoms with Gasteiger partial charge >= 0.3 is 12.5 Å². The summed E-state index contributed by atoms with van der Waals surface area (Å²) < 4.78 is 100. The molecule has 1 aromatic heterocycles. The molecule has 1 rings (SSSR count). The summed E-state index contributed by atoms with van der Waals surface area (Å²) in [6.45, 7) is 0. The van der Waals surface area contributed by atoms with Gasteiger partial charge in [0.05, 0.1) is 9.13 Å². The van der Waals surface area contributed by atoms with E-state index in [0.29, 0.717) is 0 Å². The van der Waals surface area contributed by atoms with E-state index in [9.17, 15) is 35.1 Å². The van der Waals surface area contributed by atoms with Crippen LogP contribution in [0.2, 0.25) is 0 Å². The summed E-state index contributed by atoms with van der Waals surface area (Å²) in [7, 11) is 0. The zero-order valence-electron chi connectivity index (χ0n) is 8.41. The minimum atomic E-state index is -5.28. The topological polar surface area (TPSA) is 22.1 Å². The van der Waals surface area contributed by atoms with E-state index in [1.54, 1.807) is 0 Å². The number of ether oxygens (including phenoxy) is 1. The second-order valence-electron chi connectivity index (χ2n) is 3.05. The van der Waals surface area contributed by atoms with Crippen molar-refractivity contribution in [3.8, 4) is 5.88 Å². The highest BCUT2D eigenvalue weighted by Crippen LogP contribution is 2.42. The molecule has 0 aliphatic heterocycles. The van der Waals surface area contributed by atoms with Crippen LogP contribution in [-0.2, 0) is 6.18 Å². The van der Waals surface area contributed by atoms with Crippen LogP contribution in [0.5, 0.6) is 5.88 Å². The quantitative estimate of drug-likeness (QED) is 0.531. The van der Waals surface area contributed by atoms with Crippen molar-refractivity contribution in [1.82, 2.24) is 4.98 Å². The minimum absolute atomic E-state index is 0.0106. The molecule has 0 saturated carbocycles. The van der Waals surface area contributed by atoms with Crippen molar-refractivity contribution in [2.24, 2.45) is 0 Å². The van der Waals surface area contributed by atoms with Gasteiger partial charge in [-0.05, 0) is 22.6 Å². The molecule has 108 valence electrons. The Hall–Kier alpha value is -0.880. The molecule has 0 N–H and O–H groups in total. The van der Waals surface area contributed by atoms with Crippen molar-refractivity contribution in [2.75, 3.05) is 0 Å². The highest BCUT2D eigenvalue weighted by Gasteiger charge is 2.41. The molecule has 0 bridgehead atoms. The lowest BCUT2D eigenvalue weighted by Crippen LogP contribution is -2.21. The second kappa shape index (κ2) is 5.25. The predicted octanol–water partition coefficient (Wildman–Crippen LogP) is 4.54. The summed E-state index contributed by atoms with van der Waals surface area (Å²) in [5.41, 5.74) is -3.40. The average Bonchev–Trinajstić information content (AvgIpc) is 2.16. The number of nitrogens with zero attached hydrogens (tertiary/aromatic N) is 1. The molecule has 0 atom stereocenters. The van der Waals surface area contributed by atoms with E-state index in [4.69, 9.17) is 0 Å². The van der Waals surface area contributed by atoms with Gasteiger partial charge in [0.15, 0.2) is 0 Å². The maximum Gasteiger partial charge on any atom is 0.574 e. The minimum Gasteiger partial charge on any atom is -0.387 e. The first-order valence-electron chi connectivity index (χ1n) is 4.23. The van der Waals surface area contributed by atoms with Gasteiger partial charge in [-0.25, -0.2) is 13.8 Å². The van der Waals surface area contributed by atoms with Crippen LogP contribution < -0.4 is 4.74 Å². The Morgan fingerprint density at radius 3 is 2.00 bits per heavy atom. The first-order chi connectivity index (χ1) is 8.43. The van der Waals surface area contributed by atoms with E-state index < -0.39 is 39.5 Å². The van der Waals surface area contributed by atoms with Crippen LogP contribution in [0.4, 0.5) is 35.1 Å². The van der Waals surface area contributed by atoms with Gasteiger partial charge in [-0.2, -0.15) is 13.2 Å². The third kappa shape index (κ3) is 4.04. The van der Waals surface area contributed by atoms with Gasteiger partial charge in [-0.1, -0.05) is 0 Å². The van der Waals surface area contributed by atoms with Crippen LogP contribution >= 0.6 is 22.6 Å². The van der Waals surface area contributed by atoms with Crippen LogP contribution in [0, 0.1) is 3.57 Å². The molecule has 0 aliphatic rings. The number of rotatable bonds is 2. The molecule has 0 unspecified atom stereocenters. The molecule has 0 radical (unpaired) electrons. The maximum atomic E-state index is 12.6. The van der Waals surface area contributed by atoms with Gasteiger partial charge in [-0.15, -0.1) is 13.2 Å². The molecule has 19 heavy (non-hydrogen) atoms. The van der Waals surface area contributed by atoms with Crippen molar-refractivity contribution in [1.29, 1.82) is 0 Å². The fourth-order valence-electron chi connectivity index (χ4n) is 1.12. The highest BCUT2D eigenvalue weighted by molar-refractivity contribution is 14.1. The number of alkyl halides is 8. The van der Waals surface area contributed by atoms with Crippen LogP contribution in [0.1, 0.15) is 17.6 Å². The van der Waals surface area contributed by atoms with Gasteiger partial charge in [0.25, 0.3) is 6.43 Å². The van der Waals surface area contributed by atoms with Crippen molar-refractivity contribution in [3.05, 3.63) is 20.9 Å². The maximum absolute atomic E-state index is 12.6. The molecule has 0 aliphatic carbocycles. The zero-order chi connectivity index (χ0) is 15.0. The Balaban J connectivity index is 3.43. The molecule has 1 heterocycles. The Morgan fingerprint density at radius 2 is 1.63 bits per heavy atom. The molecule has 1 aromatic rings. The van der Waals surface area contributed by atoms with Crippen molar-refractivity contribution in [2.45, 2.75) is 19.0 Å². The van der Waals surface area contributed by atoms with E-state index in [0.717, 1.165) is 22.6 Å². The zero-order valence-corrected chi connectivity index (χ0v) is 10.6. The Labute approximate surface area is 113 Å². The van der Waals surface area contributed by atoms with Crippen LogP contribution in [0.25, 0.3) is 0 Å². The molecule has 0 aromatic carbocycles. The lowest BCUT2D eigenvalue weighted by atomic mass is 10.1. The molecule has 0 spiro atoms. The molecule has 0 saturated heterocycles. The molecule has 2 nitrogen and oxygen atoms in total. The molecule has 0 amide bonds. The van der Waals surface area contributed by atoms with Crippen LogP contribution in [0.3, 0.4) is 0 Å². The Kier molecular flexibility index (Phi) is 4.47. The molecular weight excluding hydrogens is 405 g/mol. The predicted molar refractivity (Wildman–Crippen MR) is 53.6 cm³/mol. The Bertz CT molecular complexity index is 469. The van der Waals surface area contributed by atoms with Crippen molar-refractivity contribution < 1.29 is 39.9 Å². The number of hydrogen-bond donors (Lipinski definition) is 0. The standard InChI is InChI=1S/C8H2F8INO/c9-5(10)2-1-18-6(19-8(14,15)16)4(17)3(2)7(11,12)13/h1,5H. The van der Waals surface area contributed by atoms with Crippen LogP contribution in [0.15, 0.2) is 6.20 Å². The fourth-order valence-corrected chi connectivity index (χ4v) is 1.98. The number of aromatic nitrogens is 1. The molecule has 11 heteroatoms. The third-order valence-electron chi connectivity index (χ3n) is 1.75. The van der Waals surface area contributed by atoms with E-state index in [1.165, 1.54) is 0 Å². The monoisotopic (exact) mass is 407 g/mol. The SMILES string of the molecule is FC(F)c1cnc(OC(F)(F)F)c(I)c1C(F)(F)F. The van der Waals surface area contributed by atoms with E-state index in [1.807, 2.05) is 0 Å². The van der Waals surface area contributed by atoms with Crippen molar-refractivity contribution >= 4 is 22.6 Å². The van der Waals surface area contributed by atoms with Gasteiger partial charge in [0.1, 0.15) is 0 Å². The normalized spacial score (nSPS) is 12.9. The van der Waals surface area contributed by atoms with Gasteiger partial charge in [0, 0.05) is 11.8 Å².